The number of likely N-dealkylation sites (tertiary alicyclic amines) is 1. The third-order valence-corrected chi connectivity index (χ3v) is 6.09. The van der Waals surface area contributed by atoms with E-state index >= 15 is 0 Å². The van der Waals surface area contributed by atoms with Crippen molar-refractivity contribution < 1.29 is 4.65 Å². The summed E-state index contributed by atoms with van der Waals surface area (Å²) in [6.07, 6.45) is 4.42. The molecule has 0 bridgehead atoms. The molecule has 3 atom stereocenters. The number of hydroxylamine groups is 3. The molecule has 29 heavy (non-hydrogen) atoms. The van der Waals surface area contributed by atoms with E-state index in [0.29, 0.717) is 24.3 Å². The maximum atomic E-state index is 12.4. The van der Waals surface area contributed by atoms with Crippen molar-refractivity contribution in [1.29, 1.82) is 0 Å². The Kier molecular flexibility index (Phi) is 4.22. The third-order valence-electron chi connectivity index (χ3n) is 6.09. The van der Waals surface area contributed by atoms with Crippen LogP contribution < -0.4 is 10.5 Å². The Morgan fingerprint density at radius 1 is 1.07 bits per heavy atom. The molecular weight excluding hydrogens is 366 g/mol. The molecule has 0 amide bonds. The first-order valence-corrected chi connectivity index (χ1v) is 9.94. The van der Waals surface area contributed by atoms with Crippen LogP contribution in [0.1, 0.15) is 6.42 Å². The summed E-state index contributed by atoms with van der Waals surface area (Å²) in [5.74, 6) is 1.00. The Labute approximate surface area is 169 Å². The number of benzene rings is 1. The van der Waals surface area contributed by atoms with Gasteiger partial charge in [-0.1, -0.05) is 12.1 Å². The van der Waals surface area contributed by atoms with E-state index in [1.54, 1.807) is 31.6 Å². The van der Waals surface area contributed by atoms with Gasteiger partial charge < -0.3 is 14.8 Å². The first-order valence-electron chi connectivity index (χ1n) is 9.94. The van der Waals surface area contributed by atoms with E-state index in [2.05, 4.69) is 39.2 Å². The van der Waals surface area contributed by atoms with Crippen molar-refractivity contribution in [2.75, 3.05) is 31.6 Å². The molecule has 7 heteroatoms. The van der Waals surface area contributed by atoms with E-state index in [9.17, 15) is 10.0 Å². The molecule has 7 nitrogen and oxygen atoms in total. The molecule has 0 aliphatic carbocycles. The number of hydrogen-bond donors (Lipinski definition) is 0. The normalized spacial score (nSPS) is 25.9. The molecule has 2 aromatic heterocycles. The smallest absolute Gasteiger partial charge is 0.272 e. The predicted molar refractivity (Wildman–Crippen MR) is 112 cm³/mol. The van der Waals surface area contributed by atoms with Crippen LogP contribution in [0.3, 0.4) is 0 Å². The maximum absolute atomic E-state index is 12.4. The van der Waals surface area contributed by atoms with E-state index < -0.39 is 0 Å². The first kappa shape index (κ1) is 18.0. The van der Waals surface area contributed by atoms with Crippen LogP contribution in [0.4, 0.5) is 5.69 Å². The molecule has 0 radical (unpaired) electrons. The van der Waals surface area contributed by atoms with Crippen molar-refractivity contribution in [3.05, 3.63) is 76.5 Å². The topological polar surface area (TPSA) is 74.1 Å². The summed E-state index contributed by atoms with van der Waals surface area (Å²) in [4.78, 5) is 18.7. The molecule has 2 aliphatic rings. The van der Waals surface area contributed by atoms with Crippen LogP contribution in [0.15, 0.2) is 65.7 Å². The van der Waals surface area contributed by atoms with E-state index in [1.807, 2.05) is 6.07 Å². The summed E-state index contributed by atoms with van der Waals surface area (Å²) in [5.41, 5.74) is 3.01. The lowest BCUT2D eigenvalue weighted by atomic mass is 10.0. The van der Waals surface area contributed by atoms with E-state index in [4.69, 9.17) is 0 Å². The van der Waals surface area contributed by atoms with E-state index in [1.165, 1.54) is 16.4 Å². The molecule has 2 saturated heterocycles. The molecule has 5 rings (SSSR count). The van der Waals surface area contributed by atoms with Gasteiger partial charge in [-0.25, -0.2) is 4.98 Å². The average molecular weight is 389 g/mol. The second kappa shape index (κ2) is 6.79. The van der Waals surface area contributed by atoms with Gasteiger partial charge in [0.2, 0.25) is 0 Å². The molecule has 0 saturated carbocycles. The van der Waals surface area contributed by atoms with Crippen LogP contribution in [0.5, 0.6) is 0 Å². The molecule has 0 unspecified atom stereocenters. The van der Waals surface area contributed by atoms with Crippen molar-refractivity contribution in [2.45, 2.75) is 12.5 Å². The molecular formula is C22H23N5O2. The largest absolute Gasteiger partial charge is 0.633 e. The zero-order chi connectivity index (χ0) is 20.0. The van der Waals surface area contributed by atoms with Crippen LogP contribution >= 0.6 is 0 Å². The second-order valence-electron chi connectivity index (χ2n) is 8.20. The van der Waals surface area contributed by atoms with Crippen LogP contribution in [0.25, 0.3) is 16.9 Å². The van der Waals surface area contributed by atoms with E-state index in [0.717, 1.165) is 30.6 Å². The van der Waals surface area contributed by atoms with Gasteiger partial charge in [-0.2, -0.15) is 9.78 Å². The summed E-state index contributed by atoms with van der Waals surface area (Å²) in [6, 6.07) is 15.6. The summed E-state index contributed by atoms with van der Waals surface area (Å²) in [5, 5.41) is 16.4. The SMILES string of the molecule is C[N@@+]1([O-])C[C@H]2CCN(c3ccc(-c4ccc(-n5ncccc5=O)nc4)cc3)[C@H]2C1. The fourth-order valence-corrected chi connectivity index (χ4v) is 4.72. The van der Waals surface area contributed by atoms with Gasteiger partial charge in [0.1, 0.15) is 0 Å². The average Bonchev–Trinajstić information content (AvgIpc) is 3.24. The lowest BCUT2D eigenvalue weighted by Gasteiger charge is -2.36. The first-order chi connectivity index (χ1) is 14.0. The molecule has 0 spiro atoms. The zero-order valence-electron chi connectivity index (χ0n) is 16.3. The van der Waals surface area contributed by atoms with Gasteiger partial charge in [-0.05, 0) is 42.3 Å². The van der Waals surface area contributed by atoms with Crippen LogP contribution in [-0.4, -0.2) is 52.1 Å². The fraction of sp³-hybridized carbons (Fsp3) is 0.318. The standard InChI is InChI=1S/C22H23N5O2/c1-27(29)14-18-10-12-25(20(18)15-27)19-7-4-16(5-8-19)17-6-9-21(23-13-17)26-22(28)3-2-11-24-26/h2-9,11,13,18,20H,10,12,14-15H2,1H3/t18-,20+,27-/m1/s1. The molecule has 148 valence electrons. The number of nitrogens with zero attached hydrogens (tertiary/aromatic N) is 5. The van der Waals surface area contributed by atoms with Crippen LogP contribution in [0, 0.1) is 11.1 Å². The number of aromatic nitrogens is 3. The Morgan fingerprint density at radius 3 is 2.59 bits per heavy atom. The van der Waals surface area contributed by atoms with Gasteiger partial charge in [-0.3, -0.25) is 4.79 Å². The van der Waals surface area contributed by atoms with Crippen molar-refractivity contribution >= 4 is 5.69 Å². The summed E-state index contributed by atoms with van der Waals surface area (Å²) >= 11 is 0. The zero-order valence-corrected chi connectivity index (χ0v) is 16.3. The highest BCUT2D eigenvalue weighted by atomic mass is 16.5. The second-order valence-corrected chi connectivity index (χ2v) is 8.20. The number of pyridine rings is 1. The summed E-state index contributed by atoms with van der Waals surface area (Å²) < 4.78 is 1.15. The highest BCUT2D eigenvalue weighted by Gasteiger charge is 2.45. The van der Waals surface area contributed by atoms with Gasteiger partial charge in [-0.15, -0.1) is 0 Å². The molecule has 3 aromatic rings. The molecule has 2 fully saturated rings. The molecule has 4 heterocycles. The highest BCUT2D eigenvalue weighted by Crippen LogP contribution is 2.37. The number of fused-ring (bicyclic) bond motifs is 1. The lowest BCUT2D eigenvalue weighted by Crippen LogP contribution is -2.40. The van der Waals surface area contributed by atoms with Crippen LogP contribution in [-0.2, 0) is 0 Å². The van der Waals surface area contributed by atoms with Gasteiger partial charge in [0, 0.05) is 42.2 Å². The summed E-state index contributed by atoms with van der Waals surface area (Å²) in [6.45, 7) is 2.42. The molecule has 1 aromatic carbocycles. The minimum absolute atomic E-state index is 0.124. The Morgan fingerprint density at radius 2 is 1.86 bits per heavy atom. The van der Waals surface area contributed by atoms with Gasteiger partial charge in [0.15, 0.2) is 5.82 Å². The van der Waals surface area contributed by atoms with E-state index in [-0.39, 0.29) is 10.2 Å². The monoisotopic (exact) mass is 389 g/mol. The quantitative estimate of drug-likeness (QED) is 0.508. The van der Waals surface area contributed by atoms with Crippen molar-refractivity contribution in [3.63, 3.8) is 0 Å². The minimum atomic E-state index is -0.208. The number of likely N-dealkylation sites (N-methyl/N-ethyl adjacent to an activating group) is 1. The minimum Gasteiger partial charge on any atom is -0.633 e. The van der Waals surface area contributed by atoms with Gasteiger partial charge >= 0.3 is 0 Å². The van der Waals surface area contributed by atoms with Gasteiger partial charge in [0.05, 0.1) is 26.2 Å². The number of rotatable bonds is 3. The van der Waals surface area contributed by atoms with Crippen molar-refractivity contribution in [3.8, 4) is 16.9 Å². The van der Waals surface area contributed by atoms with Crippen molar-refractivity contribution in [1.82, 2.24) is 14.8 Å². The van der Waals surface area contributed by atoms with Crippen LogP contribution in [0.2, 0.25) is 0 Å². The fourth-order valence-electron chi connectivity index (χ4n) is 4.72. The predicted octanol–water partition coefficient (Wildman–Crippen LogP) is 2.45. The Hall–Kier alpha value is -3.03. The number of quaternary nitrogens is 1. The highest BCUT2D eigenvalue weighted by molar-refractivity contribution is 5.66. The number of anilines is 1. The molecule has 2 aliphatic heterocycles. The summed E-state index contributed by atoms with van der Waals surface area (Å²) in [7, 11) is 1.79. The lowest BCUT2D eigenvalue weighted by molar-refractivity contribution is -0.849. The number of hydrogen-bond acceptors (Lipinski definition) is 5. The molecule has 0 N–H and O–H groups in total. The maximum Gasteiger partial charge on any atom is 0.272 e. The Bertz CT molecular complexity index is 1080. The van der Waals surface area contributed by atoms with Crippen molar-refractivity contribution in [2.24, 2.45) is 5.92 Å². The third kappa shape index (κ3) is 3.32. The Balaban J connectivity index is 1.36. The van der Waals surface area contributed by atoms with Gasteiger partial charge in [0.25, 0.3) is 5.56 Å².